The van der Waals surface area contributed by atoms with Crippen molar-refractivity contribution < 1.29 is 18.4 Å². The van der Waals surface area contributed by atoms with Crippen LogP contribution in [0.25, 0.3) is 0 Å². The summed E-state index contributed by atoms with van der Waals surface area (Å²) in [6, 6.07) is 6.38. The van der Waals surface area contributed by atoms with E-state index in [0.717, 1.165) is 5.56 Å². The Bertz CT molecular complexity index is 551. The molecule has 0 heterocycles. The molecular weight excluding hydrogens is 304 g/mol. The molecule has 0 spiro atoms. The van der Waals surface area contributed by atoms with E-state index in [-0.39, 0.29) is 11.5 Å². The van der Waals surface area contributed by atoms with Crippen LogP contribution >= 0.6 is 0 Å². The van der Waals surface area contributed by atoms with Crippen molar-refractivity contribution in [2.45, 2.75) is 33.2 Å². The first-order valence-corrected chi connectivity index (χ1v) is 7.28. The first kappa shape index (κ1) is 19.0. The molecule has 1 aromatic carbocycles. The Hall–Kier alpha value is -2.02. The van der Waals surface area contributed by atoms with Gasteiger partial charge in [-0.1, -0.05) is 32.9 Å². The molecule has 0 saturated carbocycles. The molecule has 0 fully saturated rings. The Morgan fingerprint density at radius 3 is 2.13 bits per heavy atom. The van der Waals surface area contributed by atoms with E-state index < -0.39 is 30.3 Å². The summed E-state index contributed by atoms with van der Waals surface area (Å²) in [6.07, 6.45) is 0. The van der Waals surface area contributed by atoms with Crippen LogP contribution in [0, 0.1) is 5.41 Å². The van der Waals surface area contributed by atoms with Crippen molar-refractivity contribution in [1.82, 2.24) is 10.6 Å². The van der Waals surface area contributed by atoms with Crippen LogP contribution in [-0.2, 0) is 11.3 Å². The summed E-state index contributed by atoms with van der Waals surface area (Å²) in [5.74, 6) is -3.79. The number of hydrogen-bond acceptors (Lipinski definition) is 3. The minimum Gasteiger partial charge on any atom is -0.352 e. The molecule has 1 rings (SSSR count). The van der Waals surface area contributed by atoms with E-state index in [4.69, 9.17) is 5.73 Å². The zero-order valence-corrected chi connectivity index (χ0v) is 13.6. The van der Waals surface area contributed by atoms with Gasteiger partial charge in [0.05, 0.1) is 13.1 Å². The lowest BCUT2D eigenvalue weighted by atomic mass is 9.95. The van der Waals surface area contributed by atoms with Crippen molar-refractivity contribution in [3.05, 3.63) is 35.4 Å². The van der Waals surface area contributed by atoms with Gasteiger partial charge >= 0.3 is 0 Å². The highest BCUT2D eigenvalue weighted by Crippen LogP contribution is 2.13. The van der Waals surface area contributed by atoms with Crippen LogP contribution in [0.15, 0.2) is 24.3 Å². The molecule has 7 heteroatoms. The van der Waals surface area contributed by atoms with Crippen LogP contribution in [0.4, 0.5) is 8.78 Å². The van der Waals surface area contributed by atoms with Gasteiger partial charge in [0.1, 0.15) is 0 Å². The Morgan fingerprint density at radius 1 is 1.09 bits per heavy atom. The molecule has 0 aromatic heterocycles. The van der Waals surface area contributed by atoms with Crippen LogP contribution in [0.3, 0.4) is 0 Å². The number of nitrogens with two attached hydrogens (primary N) is 1. The van der Waals surface area contributed by atoms with Crippen LogP contribution in [-0.4, -0.2) is 30.8 Å². The molecule has 0 bridgehead atoms. The average molecular weight is 327 g/mol. The first-order valence-electron chi connectivity index (χ1n) is 7.28. The Balaban J connectivity index is 2.56. The molecule has 0 saturated heterocycles. The molecular formula is C16H23F2N3O2. The maximum atomic E-state index is 13.0. The predicted molar refractivity (Wildman–Crippen MR) is 84.1 cm³/mol. The van der Waals surface area contributed by atoms with Crippen LogP contribution in [0.2, 0.25) is 0 Å². The van der Waals surface area contributed by atoms with Crippen molar-refractivity contribution in [2.24, 2.45) is 11.1 Å². The van der Waals surface area contributed by atoms with Gasteiger partial charge in [-0.15, -0.1) is 0 Å². The predicted octanol–water partition coefficient (Wildman–Crippen LogP) is 1.67. The first-order chi connectivity index (χ1) is 10.5. The zero-order chi connectivity index (χ0) is 17.7. The van der Waals surface area contributed by atoms with Crippen molar-refractivity contribution >= 4 is 11.8 Å². The van der Waals surface area contributed by atoms with E-state index in [9.17, 15) is 18.4 Å². The van der Waals surface area contributed by atoms with Gasteiger partial charge in [0.25, 0.3) is 11.8 Å². The van der Waals surface area contributed by atoms with Gasteiger partial charge in [0.2, 0.25) is 5.91 Å². The summed E-state index contributed by atoms with van der Waals surface area (Å²) in [7, 11) is 0. The Kier molecular flexibility index (Phi) is 6.20. The summed E-state index contributed by atoms with van der Waals surface area (Å²) < 4.78 is 26.0. The second-order valence-corrected chi connectivity index (χ2v) is 6.37. The van der Waals surface area contributed by atoms with E-state index in [1.807, 2.05) is 20.8 Å². The fraction of sp³-hybridized carbons (Fsp3) is 0.500. The van der Waals surface area contributed by atoms with Gasteiger partial charge in [-0.2, -0.15) is 0 Å². The molecule has 23 heavy (non-hydrogen) atoms. The summed E-state index contributed by atoms with van der Waals surface area (Å²) in [4.78, 5) is 23.5. The summed E-state index contributed by atoms with van der Waals surface area (Å²) in [6.45, 7) is 4.15. The quantitative estimate of drug-likeness (QED) is 0.743. The number of rotatable bonds is 6. The second-order valence-electron chi connectivity index (χ2n) is 6.37. The zero-order valence-electron chi connectivity index (χ0n) is 13.6. The number of carbonyl (C=O) groups excluding carboxylic acids is 2. The number of alkyl halides is 2. The molecule has 0 unspecified atom stereocenters. The largest absolute Gasteiger partial charge is 0.352 e. The number of carbonyl (C=O) groups is 2. The highest BCUT2D eigenvalue weighted by molar-refractivity contribution is 5.94. The molecule has 5 nitrogen and oxygen atoms in total. The van der Waals surface area contributed by atoms with E-state index in [0.29, 0.717) is 6.54 Å². The number of amides is 2. The van der Waals surface area contributed by atoms with Crippen molar-refractivity contribution in [1.29, 1.82) is 0 Å². The van der Waals surface area contributed by atoms with Gasteiger partial charge in [0.15, 0.2) is 0 Å². The Morgan fingerprint density at radius 2 is 1.65 bits per heavy atom. The lowest BCUT2D eigenvalue weighted by Crippen LogP contribution is -2.41. The van der Waals surface area contributed by atoms with Crippen LogP contribution in [0.5, 0.6) is 0 Å². The van der Waals surface area contributed by atoms with Crippen molar-refractivity contribution in [3.63, 3.8) is 0 Å². The summed E-state index contributed by atoms with van der Waals surface area (Å²) >= 11 is 0. The SMILES string of the molecule is CC(C)(C)C(=O)NCc1ccc(C(=O)NCC(F)(F)CN)cc1. The molecule has 0 atom stereocenters. The van der Waals surface area contributed by atoms with Gasteiger partial charge in [0, 0.05) is 17.5 Å². The monoisotopic (exact) mass is 327 g/mol. The van der Waals surface area contributed by atoms with Gasteiger partial charge < -0.3 is 16.4 Å². The molecule has 0 radical (unpaired) electrons. The smallest absolute Gasteiger partial charge is 0.277 e. The van der Waals surface area contributed by atoms with Gasteiger partial charge in [-0.25, -0.2) is 8.78 Å². The van der Waals surface area contributed by atoms with Crippen LogP contribution in [0.1, 0.15) is 36.7 Å². The number of nitrogens with one attached hydrogen (secondary N) is 2. The average Bonchev–Trinajstić information content (AvgIpc) is 2.50. The minimum atomic E-state index is -3.12. The highest BCUT2D eigenvalue weighted by Gasteiger charge is 2.27. The van der Waals surface area contributed by atoms with Crippen molar-refractivity contribution in [2.75, 3.05) is 13.1 Å². The fourth-order valence-corrected chi connectivity index (χ4v) is 1.61. The van der Waals surface area contributed by atoms with Crippen molar-refractivity contribution in [3.8, 4) is 0 Å². The Labute approximate surface area is 134 Å². The van der Waals surface area contributed by atoms with E-state index in [1.54, 1.807) is 12.1 Å². The highest BCUT2D eigenvalue weighted by atomic mass is 19.3. The fourth-order valence-electron chi connectivity index (χ4n) is 1.61. The summed E-state index contributed by atoms with van der Waals surface area (Å²) in [5, 5.41) is 4.93. The maximum Gasteiger partial charge on any atom is 0.277 e. The molecule has 128 valence electrons. The van der Waals surface area contributed by atoms with E-state index in [1.165, 1.54) is 12.1 Å². The molecule has 0 aliphatic carbocycles. The van der Waals surface area contributed by atoms with E-state index >= 15 is 0 Å². The van der Waals surface area contributed by atoms with Gasteiger partial charge in [-0.3, -0.25) is 9.59 Å². The number of hydrogen-bond donors (Lipinski definition) is 3. The lowest BCUT2D eigenvalue weighted by molar-refractivity contribution is -0.128. The van der Waals surface area contributed by atoms with E-state index in [2.05, 4.69) is 10.6 Å². The standard InChI is InChI=1S/C16H23F2N3O2/c1-15(2,3)14(23)20-8-11-4-6-12(7-5-11)13(22)21-10-16(17,18)9-19/h4-7H,8-10,19H2,1-3H3,(H,20,23)(H,21,22). The molecule has 0 aliphatic heterocycles. The maximum absolute atomic E-state index is 13.0. The molecule has 1 aromatic rings. The minimum absolute atomic E-state index is 0.0802. The normalized spacial score (nSPS) is 11.9. The third-order valence-corrected chi connectivity index (χ3v) is 3.16. The lowest BCUT2D eigenvalue weighted by Gasteiger charge is -2.17. The number of benzene rings is 1. The third-order valence-electron chi connectivity index (χ3n) is 3.16. The topological polar surface area (TPSA) is 84.2 Å². The molecule has 4 N–H and O–H groups in total. The summed E-state index contributed by atoms with van der Waals surface area (Å²) in [5.41, 5.74) is 5.50. The van der Waals surface area contributed by atoms with Gasteiger partial charge in [-0.05, 0) is 17.7 Å². The number of halogens is 2. The third kappa shape index (κ3) is 6.32. The molecule has 0 aliphatic rings. The van der Waals surface area contributed by atoms with Crippen LogP contribution < -0.4 is 16.4 Å². The second kappa shape index (κ2) is 7.50. The molecule has 2 amide bonds.